The lowest BCUT2D eigenvalue weighted by molar-refractivity contribution is -0.251. The van der Waals surface area contributed by atoms with Crippen molar-refractivity contribution >= 4 is 5.91 Å². The molecule has 7 atom stereocenters. The lowest BCUT2D eigenvalue weighted by Gasteiger charge is -2.39. The van der Waals surface area contributed by atoms with Gasteiger partial charge in [0, 0.05) is 12.6 Å². The molecule has 38 heavy (non-hydrogen) atoms. The summed E-state index contributed by atoms with van der Waals surface area (Å²) >= 11 is 0. The molecule has 1 saturated heterocycles. The minimum atomic E-state index is -1.46. The normalized spacial score (nSPS) is 41.4. The van der Waals surface area contributed by atoms with Crippen molar-refractivity contribution in [1.82, 2.24) is 5.32 Å². The Bertz CT molecular complexity index is 1000. The highest BCUT2D eigenvalue weighted by Crippen LogP contribution is 2.23. The summed E-state index contributed by atoms with van der Waals surface area (Å²) in [6.07, 6.45) is 27.6. The zero-order chi connectivity index (χ0) is 27.8. The Balaban J connectivity index is 2.22. The van der Waals surface area contributed by atoms with Crippen LogP contribution in [0.15, 0.2) is 109 Å². The molecule has 8 nitrogen and oxygen atoms in total. The average molecular weight is 525 g/mol. The largest absolute Gasteiger partial charge is 0.389 e. The molecule has 6 N–H and O–H groups in total. The molecular weight excluding hydrogens is 484 g/mol. The van der Waals surface area contributed by atoms with Crippen LogP contribution in [0.4, 0.5) is 0 Å². The van der Waals surface area contributed by atoms with Gasteiger partial charge in [0.25, 0.3) is 0 Å². The molecule has 1 amide bonds. The fourth-order valence-corrected chi connectivity index (χ4v) is 3.41. The van der Waals surface area contributed by atoms with Gasteiger partial charge in [0.05, 0.1) is 12.6 Å². The van der Waals surface area contributed by atoms with Crippen LogP contribution in [0.3, 0.4) is 0 Å². The second-order valence-electron chi connectivity index (χ2n) is 9.25. The number of carbonyl (C=O) groups is 1. The Hall–Kier alpha value is -3.11. The van der Waals surface area contributed by atoms with Crippen molar-refractivity contribution < 1.29 is 29.6 Å². The molecule has 206 valence electrons. The number of nitrogens with two attached hydrogens (primary N) is 1. The zero-order valence-corrected chi connectivity index (χ0v) is 21.9. The predicted molar refractivity (Wildman–Crippen MR) is 150 cm³/mol. The molecule has 0 saturated carbocycles. The fraction of sp³-hybridized carbons (Fsp3) is 0.367. The highest BCUT2D eigenvalue weighted by molar-refractivity contribution is 5.87. The standard InChI is InChI=1S/C30H40N2O6/c1-23-17-13-9-5-3-4-6-10-14-18-25(38-29-27(31)28(35)24(33)22-37-29)30(2,36)20-16-12-8-7-11-15-19-26(34)32-21-23/h3-20,23-25,27-29,33,35-36H,21-22,31H2,1-2H3,(H,32,34)/b4-3-,9-5-,10-6-,11-7-,12-8-,17-13-,18-14-,19-15+,20-16+. The van der Waals surface area contributed by atoms with Crippen LogP contribution in [0.1, 0.15) is 13.8 Å². The summed E-state index contributed by atoms with van der Waals surface area (Å²) in [7, 11) is 0. The molecule has 7 unspecified atom stereocenters. The van der Waals surface area contributed by atoms with E-state index in [9.17, 15) is 20.1 Å². The van der Waals surface area contributed by atoms with Gasteiger partial charge in [-0.05, 0) is 12.8 Å². The van der Waals surface area contributed by atoms with E-state index in [1.54, 1.807) is 67.7 Å². The van der Waals surface area contributed by atoms with Gasteiger partial charge in [-0.15, -0.1) is 0 Å². The number of nitrogens with one attached hydrogen (secondary N) is 1. The van der Waals surface area contributed by atoms with Crippen molar-refractivity contribution in [2.45, 2.75) is 50.1 Å². The zero-order valence-electron chi connectivity index (χ0n) is 21.9. The molecular formula is C30H40N2O6. The number of amides is 1. The monoisotopic (exact) mass is 524 g/mol. The second kappa shape index (κ2) is 16.7. The van der Waals surface area contributed by atoms with E-state index in [0.717, 1.165) is 0 Å². The quantitative estimate of drug-likeness (QED) is 0.374. The van der Waals surface area contributed by atoms with Crippen LogP contribution >= 0.6 is 0 Å². The highest BCUT2D eigenvalue weighted by atomic mass is 16.7. The van der Waals surface area contributed by atoms with E-state index in [2.05, 4.69) is 5.32 Å². The second-order valence-corrected chi connectivity index (χ2v) is 9.25. The van der Waals surface area contributed by atoms with Crippen LogP contribution in [-0.4, -0.2) is 70.6 Å². The third-order valence-corrected chi connectivity index (χ3v) is 5.73. The van der Waals surface area contributed by atoms with Crippen LogP contribution < -0.4 is 11.1 Å². The summed E-state index contributed by atoms with van der Waals surface area (Å²) in [6.45, 7) is 4.01. The van der Waals surface area contributed by atoms with E-state index in [1.165, 1.54) is 6.08 Å². The lowest BCUT2D eigenvalue weighted by Crippen LogP contribution is -2.59. The van der Waals surface area contributed by atoms with Crippen molar-refractivity contribution in [3.05, 3.63) is 109 Å². The van der Waals surface area contributed by atoms with Crippen LogP contribution in [0, 0.1) is 5.92 Å². The molecule has 0 aromatic carbocycles. The Morgan fingerprint density at radius 3 is 2.13 bits per heavy atom. The first-order valence-corrected chi connectivity index (χ1v) is 12.6. The maximum Gasteiger partial charge on any atom is 0.243 e. The van der Waals surface area contributed by atoms with Crippen molar-refractivity contribution in [1.29, 1.82) is 0 Å². The number of rotatable bonds is 2. The molecule has 2 aliphatic rings. The molecule has 2 aliphatic heterocycles. The van der Waals surface area contributed by atoms with Gasteiger partial charge in [0.2, 0.25) is 5.91 Å². The van der Waals surface area contributed by atoms with Gasteiger partial charge in [-0.1, -0.05) is 110 Å². The van der Waals surface area contributed by atoms with Gasteiger partial charge < -0.3 is 35.8 Å². The van der Waals surface area contributed by atoms with E-state index < -0.39 is 36.2 Å². The molecule has 0 bridgehead atoms. The Morgan fingerprint density at radius 2 is 1.47 bits per heavy atom. The summed E-state index contributed by atoms with van der Waals surface area (Å²) < 4.78 is 11.4. The maximum absolute atomic E-state index is 11.9. The van der Waals surface area contributed by atoms with Gasteiger partial charge in [-0.25, -0.2) is 0 Å². The summed E-state index contributed by atoms with van der Waals surface area (Å²) in [4.78, 5) is 11.9. The Morgan fingerprint density at radius 1 is 0.921 bits per heavy atom. The highest BCUT2D eigenvalue weighted by Gasteiger charge is 2.40. The first-order valence-electron chi connectivity index (χ1n) is 12.6. The first kappa shape index (κ1) is 31.1. The summed E-state index contributed by atoms with van der Waals surface area (Å²) in [5.74, 6) is 0.0217. The van der Waals surface area contributed by atoms with Crippen molar-refractivity contribution in [3.8, 4) is 0 Å². The number of aliphatic hydroxyl groups is 3. The van der Waals surface area contributed by atoms with Crippen molar-refractivity contribution in [2.75, 3.05) is 13.2 Å². The molecule has 0 spiro atoms. The van der Waals surface area contributed by atoms with E-state index in [1.807, 2.05) is 49.5 Å². The fourth-order valence-electron chi connectivity index (χ4n) is 3.41. The molecule has 2 rings (SSSR count). The van der Waals surface area contributed by atoms with Gasteiger partial charge in [-0.2, -0.15) is 0 Å². The number of aliphatic hydroxyl groups excluding tert-OH is 2. The molecule has 2 heterocycles. The smallest absolute Gasteiger partial charge is 0.243 e. The first-order chi connectivity index (χ1) is 18.2. The van der Waals surface area contributed by atoms with E-state index in [4.69, 9.17) is 15.2 Å². The third kappa shape index (κ3) is 11.5. The molecule has 1 fully saturated rings. The van der Waals surface area contributed by atoms with E-state index in [0.29, 0.717) is 6.54 Å². The molecule has 0 radical (unpaired) electrons. The SMILES string of the molecule is CC1\C=C/C=C\C=C/C=C\C=C/C(OC2OCC(O)C(O)C2N)C(C)(O)/C=C/C=C\C=C/C=C/C(=O)NC1. The Labute approximate surface area is 225 Å². The van der Waals surface area contributed by atoms with Gasteiger partial charge in [0.15, 0.2) is 6.29 Å². The van der Waals surface area contributed by atoms with Crippen LogP contribution in [0.2, 0.25) is 0 Å². The number of carbonyl (C=O) groups excluding carboxylic acids is 1. The van der Waals surface area contributed by atoms with Crippen LogP contribution in [-0.2, 0) is 14.3 Å². The van der Waals surface area contributed by atoms with Crippen molar-refractivity contribution in [3.63, 3.8) is 0 Å². The van der Waals surface area contributed by atoms with Crippen LogP contribution in [0.25, 0.3) is 0 Å². The van der Waals surface area contributed by atoms with Gasteiger partial charge >= 0.3 is 0 Å². The summed E-state index contributed by atoms with van der Waals surface area (Å²) in [6, 6.07) is -0.989. The molecule has 0 aliphatic carbocycles. The lowest BCUT2D eigenvalue weighted by atomic mass is 9.96. The average Bonchev–Trinajstić information content (AvgIpc) is 2.88. The van der Waals surface area contributed by atoms with Crippen LogP contribution in [0.5, 0.6) is 0 Å². The Kier molecular flexibility index (Phi) is 13.7. The predicted octanol–water partition coefficient (Wildman–Crippen LogP) is 2.30. The summed E-state index contributed by atoms with van der Waals surface area (Å²) in [5, 5.41) is 33.9. The number of ether oxygens (including phenoxy) is 2. The number of allylic oxidation sites excluding steroid dienone is 14. The topological polar surface area (TPSA) is 134 Å². The van der Waals surface area contributed by atoms with Gasteiger partial charge in [-0.3, -0.25) is 4.79 Å². The minimum absolute atomic E-state index is 0.133. The maximum atomic E-state index is 11.9. The minimum Gasteiger partial charge on any atom is -0.389 e. The third-order valence-electron chi connectivity index (χ3n) is 5.73. The molecule has 0 aromatic heterocycles. The van der Waals surface area contributed by atoms with E-state index >= 15 is 0 Å². The molecule has 0 aromatic rings. The molecule has 8 heteroatoms. The van der Waals surface area contributed by atoms with E-state index in [-0.39, 0.29) is 18.4 Å². The van der Waals surface area contributed by atoms with Crippen molar-refractivity contribution in [2.24, 2.45) is 11.7 Å². The number of hydrogen-bond acceptors (Lipinski definition) is 7. The van der Waals surface area contributed by atoms with Gasteiger partial charge in [0.1, 0.15) is 23.9 Å². The summed E-state index contributed by atoms with van der Waals surface area (Å²) in [5.41, 5.74) is 4.54. The number of hydrogen-bond donors (Lipinski definition) is 5.